The number of alkyl halides is 2. The average Bonchev–Trinajstić information content (AvgIpc) is 2.50. The lowest BCUT2D eigenvalue weighted by Crippen LogP contribution is -2.25. The van der Waals surface area contributed by atoms with Crippen LogP contribution in [0.3, 0.4) is 0 Å². The van der Waals surface area contributed by atoms with Crippen LogP contribution in [0.25, 0.3) is 0 Å². The predicted molar refractivity (Wildman–Crippen MR) is 45.1 cm³/mol. The molecule has 0 spiro atoms. The van der Waals surface area contributed by atoms with Crippen LogP contribution in [0.1, 0.15) is 10.4 Å². The van der Waals surface area contributed by atoms with Crippen LogP contribution in [-0.2, 0) is 9.78 Å². The van der Waals surface area contributed by atoms with E-state index in [9.17, 15) is 13.6 Å². The molecule has 1 aromatic rings. The Bertz CT molecular complexity index is 432. The molecule has 0 radical (unpaired) electrons. The van der Waals surface area contributed by atoms with E-state index in [2.05, 4.69) is 19.2 Å². The average molecular weight is 232 g/mol. The van der Waals surface area contributed by atoms with E-state index >= 15 is 0 Å². The van der Waals surface area contributed by atoms with Gasteiger partial charge in [-0.25, -0.2) is 4.79 Å². The molecule has 1 aromatic carbocycles. The van der Waals surface area contributed by atoms with Gasteiger partial charge in [-0.3, -0.25) is 4.89 Å². The lowest BCUT2D eigenvalue weighted by Gasteiger charge is -2.04. The molecule has 1 aliphatic rings. The summed E-state index contributed by atoms with van der Waals surface area (Å²) in [7, 11) is 1.15. The van der Waals surface area contributed by atoms with Crippen LogP contribution in [0.2, 0.25) is 0 Å². The van der Waals surface area contributed by atoms with Crippen molar-refractivity contribution in [1.29, 1.82) is 0 Å². The molecule has 1 aliphatic heterocycles. The van der Waals surface area contributed by atoms with Gasteiger partial charge in [-0.05, 0) is 18.2 Å². The first-order valence-corrected chi connectivity index (χ1v) is 4.17. The predicted octanol–water partition coefficient (Wildman–Crippen LogP) is 1.73. The fraction of sp³-hybridized carbons (Fsp3) is 0.222. The van der Waals surface area contributed by atoms with Crippen molar-refractivity contribution in [3.63, 3.8) is 0 Å². The van der Waals surface area contributed by atoms with E-state index in [1.807, 2.05) is 0 Å². The lowest BCUT2D eigenvalue weighted by molar-refractivity contribution is -0.286. The summed E-state index contributed by atoms with van der Waals surface area (Å²) in [4.78, 5) is 19.5. The summed E-state index contributed by atoms with van der Waals surface area (Å²) < 4.78 is 33.6. The SMILES string of the molecule is COOC(=O)c1ccc2c(c1)OC(F)(F)O2. The topological polar surface area (TPSA) is 54.0 Å². The van der Waals surface area contributed by atoms with Gasteiger partial charge in [0, 0.05) is 0 Å². The van der Waals surface area contributed by atoms with Crippen molar-refractivity contribution < 1.29 is 32.8 Å². The Morgan fingerprint density at radius 2 is 2.00 bits per heavy atom. The maximum Gasteiger partial charge on any atom is 0.586 e. The van der Waals surface area contributed by atoms with E-state index in [0.29, 0.717) is 0 Å². The molecule has 7 heteroatoms. The van der Waals surface area contributed by atoms with Gasteiger partial charge in [-0.1, -0.05) is 0 Å². The smallest absolute Gasteiger partial charge is 0.395 e. The van der Waals surface area contributed by atoms with E-state index < -0.39 is 12.3 Å². The third kappa shape index (κ3) is 1.89. The maximum atomic E-state index is 12.6. The molecule has 0 atom stereocenters. The molecule has 0 saturated carbocycles. The standard InChI is InChI=1S/C9H6F2O5/c1-13-16-8(12)5-2-3-6-7(4-5)15-9(10,11)14-6/h2-4H,1H3. The van der Waals surface area contributed by atoms with E-state index in [1.54, 1.807) is 0 Å². The molecular formula is C9H6F2O5. The van der Waals surface area contributed by atoms with Crippen molar-refractivity contribution in [3.05, 3.63) is 23.8 Å². The largest absolute Gasteiger partial charge is 0.586 e. The Kier molecular flexibility index (Phi) is 2.39. The second-order valence-corrected chi connectivity index (χ2v) is 2.87. The molecule has 0 amide bonds. The van der Waals surface area contributed by atoms with Crippen molar-refractivity contribution in [2.24, 2.45) is 0 Å². The molecule has 2 rings (SSSR count). The molecule has 0 aliphatic carbocycles. The van der Waals surface area contributed by atoms with Crippen LogP contribution in [0.15, 0.2) is 18.2 Å². The second-order valence-electron chi connectivity index (χ2n) is 2.87. The molecule has 5 nitrogen and oxygen atoms in total. The summed E-state index contributed by atoms with van der Waals surface area (Å²) in [6.45, 7) is 0. The van der Waals surface area contributed by atoms with Gasteiger partial charge >= 0.3 is 12.3 Å². The van der Waals surface area contributed by atoms with Gasteiger partial charge in [-0.2, -0.15) is 4.89 Å². The molecule has 16 heavy (non-hydrogen) atoms. The summed E-state index contributed by atoms with van der Waals surface area (Å²) in [6.07, 6.45) is -3.70. The number of hydrogen-bond donors (Lipinski definition) is 0. The van der Waals surface area contributed by atoms with Gasteiger partial charge in [-0.15, -0.1) is 8.78 Å². The van der Waals surface area contributed by atoms with Crippen molar-refractivity contribution in [3.8, 4) is 11.5 Å². The van der Waals surface area contributed by atoms with Crippen LogP contribution >= 0.6 is 0 Å². The summed E-state index contributed by atoms with van der Waals surface area (Å²) in [6, 6.07) is 3.52. The first-order valence-electron chi connectivity index (χ1n) is 4.17. The van der Waals surface area contributed by atoms with Crippen molar-refractivity contribution >= 4 is 5.97 Å². The van der Waals surface area contributed by atoms with Gasteiger partial charge in [0.15, 0.2) is 11.5 Å². The van der Waals surface area contributed by atoms with E-state index in [-0.39, 0.29) is 17.1 Å². The fourth-order valence-corrected chi connectivity index (χ4v) is 1.20. The third-order valence-electron chi connectivity index (χ3n) is 1.80. The van der Waals surface area contributed by atoms with Gasteiger partial charge in [0.2, 0.25) is 0 Å². The van der Waals surface area contributed by atoms with Gasteiger partial charge < -0.3 is 9.47 Å². The number of halogens is 2. The minimum absolute atomic E-state index is 0.0156. The molecule has 86 valence electrons. The third-order valence-corrected chi connectivity index (χ3v) is 1.80. The summed E-state index contributed by atoms with van der Waals surface area (Å²) in [5.74, 6) is -1.18. The van der Waals surface area contributed by atoms with E-state index in [1.165, 1.54) is 12.1 Å². The van der Waals surface area contributed by atoms with Crippen LogP contribution in [-0.4, -0.2) is 19.4 Å². The molecule has 0 bridgehead atoms. The zero-order chi connectivity index (χ0) is 11.8. The molecule has 0 aromatic heterocycles. The number of carbonyl (C=O) groups is 1. The Labute approximate surface area is 88.4 Å². The zero-order valence-electron chi connectivity index (χ0n) is 8.03. The van der Waals surface area contributed by atoms with Crippen LogP contribution in [0.5, 0.6) is 11.5 Å². The van der Waals surface area contributed by atoms with Gasteiger partial charge in [0.25, 0.3) is 0 Å². The molecule has 0 fully saturated rings. The monoisotopic (exact) mass is 232 g/mol. The number of fused-ring (bicyclic) bond motifs is 1. The summed E-state index contributed by atoms with van der Waals surface area (Å²) >= 11 is 0. The number of hydrogen-bond acceptors (Lipinski definition) is 5. The Morgan fingerprint density at radius 1 is 1.31 bits per heavy atom. The van der Waals surface area contributed by atoms with E-state index in [4.69, 9.17) is 0 Å². The Balaban J connectivity index is 2.26. The van der Waals surface area contributed by atoms with Crippen molar-refractivity contribution in [2.75, 3.05) is 7.11 Å². The maximum absolute atomic E-state index is 12.6. The number of benzene rings is 1. The van der Waals surface area contributed by atoms with Crippen LogP contribution < -0.4 is 9.47 Å². The second kappa shape index (κ2) is 3.60. The summed E-state index contributed by atoms with van der Waals surface area (Å²) in [5, 5.41) is 0. The van der Waals surface area contributed by atoms with Crippen LogP contribution in [0, 0.1) is 0 Å². The molecule has 0 unspecified atom stereocenters. The van der Waals surface area contributed by atoms with Gasteiger partial charge in [0.05, 0.1) is 12.7 Å². The highest BCUT2D eigenvalue weighted by Gasteiger charge is 2.43. The number of ether oxygens (including phenoxy) is 2. The highest BCUT2D eigenvalue weighted by atomic mass is 19.3. The number of rotatable bonds is 2. The Morgan fingerprint density at radius 3 is 2.69 bits per heavy atom. The quantitative estimate of drug-likeness (QED) is 0.574. The van der Waals surface area contributed by atoms with Gasteiger partial charge in [0.1, 0.15) is 0 Å². The molecule has 0 saturated heterocycles. The first-order chi connectivity index (χ1) is 7.52. The first kappa shape index (κ1) is 10.6. The van der Waals surface area contributed by atoms with Crippen LogP contribution in [0.4, 0.5) is 8.78 Å². The molecule has 0 N–H and O–H groups in total. The minimum Gasteiger partial charge on any atom is -0.395 e. The number of carbonyl (C=O) groups excluding carboxylic acids is 1. The summed E-state index contributed by atoms with van der Waals surface area (Å²) in [5.41, 5.74) is 0.0156. The normalized spacial score (nSPS) is 15.9. The van der Waals surface area contributed by atoms with Crippen molar-refractivity contribution in [2.45, 2.75) is 6.29 Å². The zero-order valence-corrected chi connectivity index (χ0v) is 8.03. The Hall–Kier alpha value is -1.89. The molecule has 1 heterocycles. The van der Waals surface area contributed by atoms with E-state index in [0.717, 1.165) is 13.2 Å². The van der Waals surface area contributed by atoms with Crippen molar-refractivity contribution in [1.82, 2.24) is 0 Å². The fourth-order valence-electron chi connectivity index (χ4n) is 1.20. The highest BCUT2D eigenvalue weighted by molar-refractivity contribution is 5.89. The highest BCUT2D eigenvalue weighted by Crippen LogP contribution is 2.41. The lowest BCUT2D eigenvalue weighted by atomic mass is 10.2. The minimum atomic E-state index is -3.70. The molecular weight excluding hydrogens is 226 g/mol.